The zero-order valence-corrected chi connectivity index (χ0v) is 16.5. The molecule has 6 nitrogen and oxygen atoms in total. The van der Waals surface area contributed by atoms with Gasteiger partial charge in [0.25, 0.3) is 5.91 Å². The Morgan fingerprint density at radius 2 is 1.69 bits per heavy atom. The first-order chi connectivity index (χ1) is 14.1. The van der Waals surface area contributed by atoms with Gasteiger partial charge in [-0.15, -0.1) is 10.2 Å². The number of amides is 1. The molecule has 4 aromatic rings. The van der Waals surface area contributed by atoms with Crippen molar-refractivity contribution in [3.05, 3.63) is 87.8 Å². The number of aromatic hydroxyl groups is 1. The number of carbonyl (C=O) groups excluding carboxylic acids is 1. The van der Waals surface area contributed by atoms with Gasteiger partial charge in [0.15, 0.2) is 11.4 Å². The molecule has 0 aliphatic carbocycles. The molecule has 0 unspecified atom stereocenters. The lowest BCUT2D eigenvalue weighted by Gasteiger charge is -2.06. The fourth-order valence-corrected chi connectivity index (χ4v) is 3.78. The summed E-state index contributed by atoms with van der Waals surface area (Å²) < 4.78 is 2.53. The third-order valence-corrected chi connectivity index (χ3v) is 5.22. The van der Waals surface area contributed by atoms with Gasteiger partial charge in [-0.2, -0.15) is 0 Å². The summed E-state index contributed by atoms with van der Waals surface area (Å²) in [6.07, 6.45) is 0. The summed E-state index contributed by atoms with van der Waals surface area (Å²) in [6.45, 7) is 0. The molecule has 1 aliphatic rings. The van der Waals surface area contributed by atoms with Crippen LogP contribution in [0.4, 0.5) is 5.69 Å². The summed E-state index contributed by atoms with van der Waals surface area (Å²) in [5.74, 6) is -0.494. The highest BCUT2D eigenvalue weighted by atomic mass is 79.9. The van der Waals surface area contributed by atoms with Crippen LogP contribution in [0.3, 0.4) is 0 Å². The first-order valence-electron chi connectivity index (χ1n) is 8.86. The number of azo groups is 1. The Morgan fingerprint density at radius 1 is 0.931 bits per heavy atom. The van der Waals surface area contributed by atoms with Crippen LogP contribution >= 0.6 is 15.9 Å². The number of carbonyl (C=O) groups is 1. The van der Waals surface area contributed by atoms with Gasteiger partial charge in [0.2, 0.25) is 5.88 Å². The van der Waals surface area contributed by atoms with Crippen molar-refractivity contribution in [1.82, 2.24) is 4.57 Å². The van der Waals surface area contributed by atoms with Gasteiger partial charge in [-0.3, -0.25) is 9.36 Å². The van der Waals surface area contributed by atoms with Crippen LogP contribution in [0.2, 0.25) is 0 Å². The van der Waals surface area contributed by atoms with Crippen LogP contribution in [0.25, 0.3) is 22.3 Å². The van der Waals surface area contributed by atoms with Crippen molar-refractivity contribution in [2.24, 2.45) is 15.2 Å². The molecule has 1 amide bonds. The molecule has 140 valence electrons. The standard InChI is InChI=1S/C22H13BrN4O2/c23-13-10-11-17-16(12-13)19(21(28)24-17)25-26-20-15-8-4-5-9-18(15)27(22(20)29)14-6-2-1-3-7-14/h1-12,29H. The summed E-state index contributed by atoms with van der Waals surface area (Å²) in [7, 11) is 0. The minimum absolute atomic E-state index is 0.0430. The second kappa shape index (κ2) is 6.79. The molecule has 2 heterocycles. The van der Waals surface area contributed by atoms with E-state index in [2.05, 4.69) is 31.2 Å². The minimum atomic E-state index is -0.451. The Kier molecular flexibility index (Phi) is 4.10. The van der Waals surface area contributed by atoms with Crippen molar-refractivity contribution >= 4 is 44.1 Å². The highest BCUT2D eigenvalue weighted by Crippen LogP contribution is 2.41. The van der Waals surface area contributed by atoms with Crippen LogP contribution in [-0.2, 0) is 4.79 Å². The number of halogens is 1. The number of nitrogens with zero attached hydrogens (tertiary/aromatic N) is 4. The molecule has 29 heavy (non-hydrogen) atoms. The maximum Gasteiger partial charge on any atom is 0.298 e. The number of rotatable bonds is 3. The molecule has 0 atom stereocenters. The second-order valence-corrected chi connectivity index (χ2v) is 7.40. The fraction of sp³-hybridized carbons (Fsp3) is 0. The van der Waals surface area contributed by atoms with Crippen molar-refractivity contribution in [2.45, 2.75) is 0 Å². The topological polar surface area (TPSA) is 79.3 Å². The predicted octanol–water partition coefficient (Wildman–Crippen LogP) is 4.15. The third kappa shape index (κ3) is 2.87. The molecular weight excluding hydrogens is 432 g/mol. The lowest BCUT2D eigenvalue weighted by Crippen LogP contribution is -2.22. The quantitative estimate of drug-likeness (QED) is 0.481. The van der Waals surface area contributed by atoms with Gasteiger partial charge < -0.3 is 5.11 Å². The first-order valence-corrected chi connectivity index (χ1v) is 9.65. The van der Waals surface area contributed by atoms with E-state index in [-0.39, 0.29) is 11.6 Å². The van der Waals surface area contributed by atoms with Crippen molar-refractivity contribution in [3.63, 3.8) is 0 Å². The zero-order chi connectivity index (χ0) is 20.0. The number of aromatic nitrogens is 1. The zero-order valence-electron chi connectivity index (χ0n) is 15.0. The Bertz CT molecular complexity index is 1440. The molecule has 0 bridgehead atoms. The van der Waals surface area contributed by atoms with E-state index in [9.17, 15) is 9.90 Å². The Morgan fingerprint density at radius 3 is 2.52 bits per heavy atom. The average molecular weight is 445 g/mol. The van der Waals surface area contributed by atoms with E-state index < -0.39 is 5.91 Å². The molecule has 1 N–H and O–H groups in total. The van der Waals surface area contributed by atoms with Crippen LogP contribution in [0.15, 0.2) is 92.5 Å². The van der Waals surface area contributed by atoms with Crippen molar-refractivity contribution < 1.29 is 9.90 Å². The van der Waals surface area contributed by atoms with Crippen molar-refractivity contribution in [3.8, 4) is 11.6 Å². The van der Waals surface area contributed by atoms with E-state index in [1.165, 1.54) is 0 Å². The van der Waals surface area contributed by atoms with Crippen LogP contribution in [0.5, 0.6) is 5.88 Å². The van der Waals surface area contributed by atoms with Crippen LogP contribution in [0, 0.1) is 0 Å². The molecule has 0 saturated heterocycles. The third-order valence-electron chi connectivity index (χ3n) is 4.73. The van der Waals surface area contributed by atoms with Gasteiger partial charge in [0.1, 0.15) is 0 Å². The van der Waals surface area contributed by atoms with Crippen LogP contribution in [0.1, 0.15) is 0 Å². The van der Waals surface area contributed by atoms with E-state index in [0.29, 0.717) is 16.3 Å². The summed E-state index contributed by atoms with van der Waals surface area (Å²) in [4.78, 5) is 16.3. The average Bonchev–Trinajstić information content (AvgIpc) is 3.19. The molecule has 1 aromatic heterocycles. The van der Waals surface area contributed by atoms with Gasteiger partial charge in [0.05, 0.1) is 10.9 Å². The lowest BCUT2D eigenvalue weighted by molar-refractivity contribution is -0.112. The molecule has 0 saturated carbocycles. The summed E-state index contributed by atoms with van der Waals surface area (Å²) >= 11 is 3.40. The smallest absolute Gasteiger partial charge is 0.298 e. The molecule has 0 spiro atoms. The molecule has 5 rings (SSSR count). The number of benzene rings is 3. The Balaban J connectivity index is 1.72. The number of hydrogen-bond acceptors (Lipinski definition) is 4. The van der Waals surface area contributed by atoms with Gasteiger partial charge >= 0.3 is 0 Å². The highest BCUT2D eigenvalue weighted by Gasteiger charge is 2.20. The largest absolute Gasteiger partial charge is 0.493 e. The normalized spacial score (nSPS) is 13.3. The highest BCUT2D eigenvalue weighted by molar-refractivity contribution is 9.10. The van der Waals surface area contributed by atoms with Crippen LogP contribution in [-0.4, -0.2) is 15.6 Å². The Hall–Kier alpha value is -3.58. The molecule has 1 aliphatic heterocycles. The lowest BCUT2D eigenvalue weighted by atomic mass is 10.2. The second-order valence-electron chi connectivity index (χ2n) is 6.49. The van der Waals surface area contributed by atoms with Crippen molar-refractivity contribution in [1.29, 1.82) is 0 Å². The maximum atomic E-state index is 12.3. The maximum absolute atomic E-state index is 12.3. The number of hydrogen-bond donors (Lipinski definition) is 1. The minimum Gasteiger partial charge on any atom is -0.493 e. The van der Waals surface area contributed by atoms with Gasteiger partial charge in [-0.1, -0.05) is 52.3 Å². The molecule has 7 heteroatoms. The predicted molar refractivity (Wildman–Crippen MR) is 113 cm³/mol. The summed E-state index contributed by atoms with van der Waals surface area (Å²) in [5.41, 5.74) is 2.04. The SMILES string of the molecule is O=C1N=c2ccc(Br)cc2=C1N=Nc1c(O)n(-c2ccccc2)c2ccccc12. The van der Waals surface area contributed by atoms with Gasteiger partial charge in [-0.25, -0.2) is 4.99 Å². The van der Waals surface area contributed by atoms with E-state index in [0.717, 1.165) is 21.1 Å². The number of para-hydroxylation sites is 2. The van der Waals surface area contributed by atoms with Gasteiger partial charge in [0, 0.05) is 20.8 Å². The molecule has 3 aromatic carbocycles. The van der Waals surface area contributed by atoms with Gasteiger partial charge in [-0.05, 0) is 36.4 Å². The summed E-state index contributed by atoms with van der Waals surface area (Å²) in [6, 6.07) is 22.4. The van der Waals surface area contributed by atoms with E-state index >= 15 is 0 Å². The number of fused-ring (bicyclic) bond motifs is 2. The Labute approximate surface area is 173 Å². The van der Waals surface area contributed by atoms with E-state index in [1.807, 2.05) is 60.7 Å². The van der Waals surface area contributed by atoms with E-state index in [1.54, 1.807) is 16.7 Å². The summed E-state index contributed by atoms with van der Waals surface area (Å²) in [5, 5.41) is 21.3. The molecule has 0 radical (unpaired) electrons. The first kappa shape index (κ1) is 17.5. The molecule has 0 fully saturated rings. The van der Waals surface area contributed by atoms with E-state index in [4.69, 9.17) is 0 Å². The molecular formula is C22H13BrN4O2. The van der Waals surface area contributed by atoms with Crippen LogP contribution < -0.4 is 10.6 Å². The fourth-order valence-electron chi connectivity index (χ4n) is 3.42. The van der Waals surface area contributed by atoms with Crippen molar-refractivity contribution in [2.75, 3.05) is 0 Å². The monoisotopic (exact) mass is 444 g/mol.